The number of aromatic nitrogens is 1. The second-order valence-electron chi connectivity index (χ2n) is 8.86. The highest BCUT2D eigenvalue weighted by atomic mass is 16.5. The fraction of sp³-hybridized carbons (Fsp3) is 0.520. The van der Waals surface area contributed by atoms with Crippen LogP contribution in [0.1, 0.15) is 61.0 Å². The summed E-state index contributed by atoms with van der Waals surface area (Å²) in [5, 5.41) is 3.00. The van der Waals surface area contributed by atoms with Crippen molar-refractivity contribution in [3.8, 4) is 5.88 Å². The van der Waals surface area contributed by atoms with Crippen LogP contribution in [0.2, 0.25) is 0 Å². The zero-order valence-corrected chi connectivity index (χ0v) is 18.5. The summed E-state index contributed by atoms with van der Waals surface area (Å²) in [5.74, 6) is 0.574. The molecule has 1 saturated heterocycles. The van der Waals surface area contributed by atoms with E-state index in [1.54, 1.807) is 6.20 Å². The largest absolute Gasteiger partial charge is 0.474 e. The molecule has 2 heterocycles. The first-order chi connectivity index (χ1) is 15.0. The first kappa shape index (κ1) is 21.8. The number of pyridine rings is 1. The highest BCUT2D eigenvalue weighted by Crippen LogP contribution is 2.23. The van der Waals surface area contributed by atoms with Gasteiger partial charge in [0, 0.05) is 44.0 Å². The van der Waals surface area contributed by atoms with Crippen LogP contribution in [0.5, 0.6) is 5.88 Å². The van der Waals surface area contributed by atoms with Gasteiger partial charge in [0.15, 0.2) is 0 Å². The van der Waals surface area contributed by atoms with E-state index in [1.807, 2.05) is 36.4 Å². The zero-order valence-electron chi connectivity index (χ0n) is 18.5. The third kappa shape index (κ3) is 6.28. The molecule has 2 aromatic rings. The molecule has 31 heavy (non-hydrogen) atoms. The number of nitrogens with zero attached hydrogens (tertiary/aromatic N) is 2. The lowest BCUT2D eigenvalue weighted by Gasteiger charge is -2.35. The van der Waals surface area contributed by atoms with E-state index in [0.29, 0.717) is 18.0 Å². The van der Waals surface area contributed by atoms with Crippen molar-refractivity contribution in [2.75, 3.05) is 13.1 Å². The summed E-state index contributed by atoms with van der Waals surface area (Å²) in [6.07, 6.45) is 7.18. The lowest BCUT2D eigenvalue weighted by Crippen LogP contribution is -2.44. The lowest BCUT2D eigenvalue weighted by atomic mass is 10.1. The molecule has 166 valence electrons. The average Bonchev–Trinajstić information content (AvgIpc) is 3.25. The Morgan fingerprint density at radius 1 is 1.10 bits per heavy atom. The van der Waals surface area contributed by atoms with Gasteiger partial charge in [-0.25, -0.2) is 4.98 Å². The van der Waals surface area contributed by atoms with Crippen LogP contribution in [0.4, 0.5) is 0 Å². The van der Waals surface area contributed by atoms with Gasteiger partial charge in [0.25, 0.3) is 5.91 Å². The maximum absolute atomic E-state index is 12.6. The van der Waals surface area contributed by atoms with Crippen LogP contribution < -0.4 is 10.1 Å². The fourth-order valence-corrected chi connectivity index (χ4v) is 4.52. The van der Waals surface area contributed by atoms with Gasteiger partial charge >= 0.3 is 0 Å². The quantitative estimate of drug-likeness (QED) is 0.731. The molecule has 2 aliphatic rings. The molecule has 1 aromatic heterocycles. The van der Waals surface area contributed by atoms with Crippen LogP contribution in [0, 0.1) is 0 Å². The third-order valence-corrected chi connectivity index (χ3v) is 5.96. The highest BCUT2D eigenvalue weighted by molar-refractivity contribution is 5.94. The number of rotatable bonds is 7. The molecular weight excluding hydrogens is 390 g/mol. The van der Waals surface area contributed by atoms with Gasteiger partial charge in [-0.1, -0.05) is 12.1 Å². The minimum absolute atomic E-state index is 0.0739. The molecule has 4 rings (SSSR count). The number of ether oxygens (including phenoxy) is 2. The first-order valence-corrected chi connectivity index (χ1v) is 11.4. The molecule has 0 radical (unpaired) electrons. The summed E-state index contributed by atoms with van der Waals surface area (Å²) >= 11 is 0. The minimum atomic E-state index is -0.0739. The topological polar surface area (TPSA) is 63.7 Å². The summed E-state index contributed by atoms with van der Waals surface area (Å²) in [7, 11) is 0. The number of hydrogen-bond donors (Lipinski definition) is 1. The molecular formula is C25H33N3O3. The van der Waals surface area contributed by atoms with Crippen LogP contribution in [-0.2, 0) is 17.8 Å². The van der Waals surface area contributed by atoms with E-state index in [2.05, 4.69) is 29.0 Å². The number of nitrogens with one attached hydrogen (secondary N) is 1. The van der Waals surface area contributed by atoms with Gasteiger partial charge in [0.05, 0.1) is 12.2 Å². The second-order valence-corrected chi connectivity index (χ2v) is 8.86. The number of carbonyl (C=O) groups is 1. The average molecular weight is 424 g/mol. The minimum Gasteiger partial charge on any atom is -0.474 e. The van der Waals surface area contributed by atoms with E-state index >= 15 is 0 Å². The van der Waals surface area contributed by atoms with Crippen LogP contribution in [-0.4, -0.2) is 47.2 Å². The lowest BCUT2D eigenvalue weighted by molar-refractivity contribution is -0.0704. The van der Waals surface area contributed by atoms with Gasteiger partial charge in [-0.3, -0.25) is 9.69 Å². The van der Waals surface area contributed by atoms with E-state index in [4.69, 9.17) is 9.47 Å². The fourth-order valence-electron chi connectivity index (χ4n) is 4.52. The van der Waals surface area contributed by atoms with Gasteiger partial charge < -0.3 is 14.8 Å². The van der Waals surface area contributed by atoms with Gasteiger partial charge in [0.1, 0.15) is 6.10 Å². The van der Waals surface area contributed by atoms with Gasteiger partial charge in [-0.2, -0.15) is 0 Å². The standard InChI is InChI=1S/C25H33N3O3/c1-18-15-28(16-19(2)30-18)17-20-7-9-22(10-8-20)25(29)27-14-21-11-12-26-24(13-21)31-23-5-3-4-6-23/h7-13,18-19,23H,3-6,14-17H2,1-2H3,(H,27,29)/t18-,19+. The highest BCUT2D eigenvalue weighted by Gasteiger charge is 2.22. The Morgan fingerprint density at radius 3 is 2.52 bits per heavy atom. The van der Waals surface area contributed by atoms with Crippen LogP contribution >= 0.6 is 0 Å². The van der Waals surface area contributed by atoms with Gasteiger partial charge in [-0.15, -0.1) is 0 Å². The Balaban J connectivity index is 1.28. The molecule has 0 bridgehead atoms. The van der Waals surface area contributed by atoms with Crippen molar-refractivity contribution >= 4 is 5.91 Å². The molecule has 2 atom stereocenters. The molecule has 0 unspecified atom stereocenters. The molecule has 1 amide bonds. The summed E-state index contributed by atoms with van der Waals surface area (Å²) in [6, 6.07) is 11.7. The number of hydrogen-bond acceptors (Lipinski definition) is 5. The molecule has 0 spiro atoms. The summed E-state index contributed by atoms with van der Waals surface area (Å²) in [4.78, 5) is 19.3. The number of amides is 1. The molecule has 6 nitrogen and oxygen atoms in total. The summed E-state index contributed by atoms with van der Waals surface area (Å²) < 4.78 is 11.8. The van der Waals surface area contributed by atoms with E-state index in [0.717, 1.165) is 38.0 Å². The number of carbonyl (C=O) groups excluding carboxylic acids is 1. The molecule has 2 fully saturated rings. The Labute approximate surface area is 185 Å². The van der Waals surface area contributed by atoms with Crippen molar-refractivity contribution in [2.24, 2.45) is 0 Å². The Hall–Kier alpha value is -2.44. The molecule has 6 heteroatoms. The zero-order chi connectivity index (χ0) is 21.6. The third-order valence-electron chi connectivity index (χ3n) is 5.96. The Bertz CT molecular complexity index is 855. The molecule has 1 N–H and O–H groups in total. The summed E-state index contributed by atoms with van der Waals surface area (Å²) in [6.45, 7) is 7.43. The monoisotopic (exact) mass is 423 g/mol. The first-order valence-electron chi connectivity index (χ1n) is 11.4. The van der Waals surface area contributed by atoms with Gasteiger partial charge in [0.2, 0.25) is 5.88 Å². The predicted octanol–water partition coefficient (Wildman–Crippen LogP) is 3.94. The normalized spacial score (nSPS) is 22.4. The number of benzene rings is 1. The van der Waals surface area contributed by atoms with Crippen molar-refractivity contribution in [2.45, 2.75) is 70.9 Å². The maximum Gasteiger partial charge on any atom is 0.251 e. The van der Waals surface area contributed by atoms with E-state index in [1.165, 1.54) is 18.4 Å². The SMILES string of the molecule is C[C@@H]1CN(Cc2ccc(C(=O)NCc3ccnc(OC4CCCC4)c3)cc2)C[C@H](C)O1. The smallest absolute Gasteiger partial charge is 0.251 e. The van der Waals surface area contributed by atoms with Crippen molar-refractivity contribution in [3.05, 3.63) is 59.3 Å². The van der Waals surface area contributed by atoms with Crippen LogP contribution in [0.25, 0.3) is 0 Å². The van der Waals surface area contributed by atoms with Crippen molar-refractivity contribution in [1.82, 2.24) is 15.2 Å². The molecule has 1 aliphatic carbocycles. The van der Waals surface area contributed by atoms with Crippen molar-refractivity contribution in [1.29, 1.82) is 0 Å². The van der Waals surface area contributed by atoms with E-state index < -0.39 is 0 Å². The molecule has 1 aromatic carbocycles. The van der Waals surface area contributed by atoms with E-state index in [9.17, 15) is 4.79 Å². The van der Waals surface area contributed by atoms with Gasteiger partial charge in [-0.05, 0) is 68.9 Å². The molecule has 1 aliphatic heterocycles. The number of morpholine rings is 1. The van der Waals surface area contributed by atoms with Crippen molar-refractivity contribution < 1.29 is 14.3 Å². The second kappa shape index (κ2) is 10.2. The van der Waals surface area contributed by atoms with Crippen LogP contribution in [0.3, 0.4) is 0 Å². The van der Waals surface area contributed by atoms with Crippen LogP contribution in [0.15, 0.2) is 42.6 Å². The van der Waals surface area contributed by atoms with E-state index in [-0.39, 0.29) is 24.2 Å². The summed E-state index contributed by atoms with van der Waals surface area (Å²) in [5.41, 5.74) is 2.87. The predicted molar refractivity (Wildman–Crippen MR) is 120 cm³/mol. The van der Waals surface area contributed by atoms with Crippen molar-refractivity contribution in [3.63, 3.8) is 0 Å². The Kier molecular flexibility index (Phi) is 7.20. The maximum atomic E-state index is 12.6. The Morgan fingerprint density at radius 2 is 1.81 bits per heavy atom. The molecule has 1 saturated carbocycles.